The smallest absolute Gasteiger partial charge is 0.254 e. The molecule has 1 N–H and O–H groups in total. The van der Waals surface area contributed by atoms with Crippen molar-refractivity contribution in [3.63, 3.8) is 0 Å². The van der Waals surface area contributed by atoms with Gasteiger partial charge in [-0.05, 0) is 13.3 Å². The van der Waals surface area contributed by atoms with Crippen molar-refractivity contribution in [3.8, 4) is 0 Å². The summed E-state index contributed by atoms with van der Waals surface area (Å²) in [6.45, 7) is 4.10. The van der Waals surface area contributed by atoms with E-state index < -0.39 is 5.60 Å². The van der Waals surface area contributed by atoms with E-state index in [4.69, 9.17) is 4.74 Å². The van der Waals surface area contributed by atoms with Gasteiger partial charge in [0.1, 0.15) is 17.8 Å². The van der Waals surface area contributed by atoms with Crippen LogP contribution < -0.4 is 0 Å². The molecule has 0 bridgehead atoms. The molecule has 6 nitrogen and oxygen atoms in total. The van der Waals surface area contributed by atoms with Gasteiger partial charge in [0.15, 0.2) is 0 Å². The molecule has 1 atom stereocenters. The number of carbonyl (C=O) groups is 1. The van der Waals surface area contributed by atoms with Gasteiger partial charge in [-0.1, -0.05) is 6.92 Å². The van der Waals surface area contributed by atoms with Crippen LogP contribution in [0.4, 0.5) is 0 Å². The SMILES string of the molecule is CCC(C)(OC)C(=O)N(C)Cc1ncn[nH]1. The number of aromatic nitrogens is 3. The standard InChI is InChI=1S/C10H18N4O2/c1-5-10(2,16-4)9(15)14(3)6-8-11-7-12-13-8/h7H,5-6H2,1-4H3,(H,11,12,13). The first-order valence-electron chi connectivity index (χ1n) is 5.18. The van der Waals surface area contributed by atoms with Crippen molar-refractivity contribution in [1.29, 1.82) is 0 Å². The fourth-order valence-corrected chi connectivity index (χ4v) is 1.39. The van der Waals surface area contributed by atoms with E-state index in [0.29, 0.717) is 18.8 Å². The number of aromatic amines is 1. The lowest BCUT2D eigenvalue weighted by molar-refractivity contribution is -0.152. The Balaban J connectivity index is 2.67. The second-order valence-corrected chi connectivity index (χ2v) is 3.88. The number of nitrogens with zero attached hydrogens (tertiary/aromatic N) is 3. The molecule has 1 aromatic rings. The van der Waals surface area contributed by atoms with Crippen molar-refractivity contribution < 1.29 is 9.53 Å². The molecule has 1 amide bonds. The maximum Gasteiger partial charge on any atom is 0.254 e. The lowest BCUT2D eigenvalue weighted by Crippen LogP contribution is -2.46. The van der Waals surface area contributed by atoms with E-state index in [1.165, 1.54) is 6.33 Å². The third-order valence-corrected chi connectivity index (χ3v) is 2.78. The molecule has 0 aromatic carbocycles. The van der Waals surface area contributed by atoms with Gasteiger partial charge in [-0.25, -0.2) is 4.98 Å². The van der Waals surface area contributed by atoms with Crippen molar-refractivity contribution in [2.45, 2.75) is 32.4 Å². The van der Waals surface area contributed by atoms with Gasteiger partial charge in [0, 0.05) is 14.2 Å². The minimum absolute atomic E-state index is 0.0612. The van der Waals surface area contributed by atoms with Gasteiger partial charge in [0.05, 0.1) is 6.54 Å². The number of likely N-dealkylation sites (N-methyl/N-ethyl adjacent to an activating group) is 1. The van der Waals surface area contributed by atoms with Gasteiger partial charge in [-0.2, -0.15) is 5.10 Å². The first-order valence-corrected chi connectivity index (χ1v) is 5.18. The van der Waals surface area contributed by atoms with Crippen LogP contribution in [0.1, 0.15) is 26.1 Å². The quantitative estimate of drug-likeness (QED) is 0.797. The van der Waals surface area contributed by atoms with Crippen LogP contribution in [-0.2, 0) is 16.1 Å². The Bertz CT molecular complexity index is 333. The van der Waals surface area contributed by atoms with Crippen molar-refractivity contribution in [2.24, 2.45) is 0 Å². The molecule has 1 rings (SSSR count). The van der Waals surface area contributed by atoms with Crippen LogP contribution in [0.3, 0.4) is 0 Å². The molecular weight excluding hydrogens is 208 g/mol. The molecule has 0 radical (unpaired) electrons. The van der Waals surface area contributed by atoms with Gasteiger partial charge in [0.25, 0.3) is 5.91 Å². The predicted molar refractivity (Wildman–Crippen MR) is 58.6 cm³/mol. The molecule has 0 aliphatic rings. The van der Waals surface area contributed by atoms with Gasteiger partial charge in [-0.15, -0.1) is 0 Å². The lowest BCUT2D eigenvalue weighted by Gasteiger charge is -2.30. The molecule has 1 aromatic heterocycles. The maximum absolute atomic E-state index is 12.1. The molecule has 0 aliphatic heterocycles. The van der Waals surface area contributed by atoms with Crippen molar-refractivity contribution in [1.82, 2.24) is 20.1 Å². The average Bonchev–Trinajstić information content (AvgIpc) is 2.79. The van der Waals surface area contributed by atoms with Crippen LogP contribution >= 0.6 is 0 Å². The summed E-state index contributed by atoms with van der Waals surface area (Å²) in [6.07, 6.45) is 2.05. The molecule has 0 saturated heterocycles. The van der Waals surface area contributed by atoms with E-state index in [1.54, 1.807) is 26.0 Å². The highest BCUT2D eigenvalue weighted by Gasteiger charge is 2.33. The summed E-state index contributed by atoms with van der Waals surface area (Å²) in [5.74, 6) is 0.597. The van der Waals surface area contributed by atoms with Gasteiger partial charge in [0.2, 0.25) is 0 Å². The molecular formula is C10H18N4O2. The molecule has 0 saturated carbocycles. The highest BCUT2D eigenvalue weighted by molar-refractivity contribution is 5.84. The monoisotopic (exact) mass is 226 g/mol. The number of amides is 1. The zero-order valence-corrected chi connectivity index (χ0v) is 10.1. The fourth-order valence-electron chi connectivity index (χ4n) is 1.39. The Kier molecular flexibility index (Phi) is 4.00. The zero-order valence-electron chi connectivity index (χ0n) is 10.1. The summed E-state index contributed by atoms with van der Waals surface area (Å²) in [5, 5.41) is 6.45. The van der Waals surface area contributed by atoms with Crippen LogP contribution in [0.5, 0.6) is 0 Å². The molecule has 0 spiro atoms. The van der Waals surface area contributed by atoms with Crippen LogP contribution in [0, 0.1) is 0 Å². The number of carbonyl (C=O) groups excluding carboxylic acids is 1. The Hall–Kier alpha value is -1.43. The van der Waals surface area contributed by atoms with Crippen LogP contribution in [0.15, 0.2) is 6.33 Å². The summed E-state index contributed by atoms with van der Waals surface area (Å²) in [6, 6.07) is 0. The van der Waals surface area contributed by atoms with Crippen LogP contribution in [0.2, 0.25) is 0 Å². The van der Waals surface area contributed by atoms with Crippen molar-refractivity contribution >= 4 is 5.91 Å². The number of ether oxygens (including phenoxy) is 1. The Morgan fingerprint density at radius 2 is 2.38 bits per heavy atom. The Morgan fingerprint density at radius 3 is 2.81 bits per heavy atom. The Morgan fingerprint density at radius 1 is 1.69 bits per heavy atom. The first-order chi connectivity index (χ1) is 7.53. The molecule has 1 heterocycles. The second-order valence-electron chi connectivity index (χ2n) is 3.88. The summed E-state index contributed by atoms with van der Waals surface area (Å²) in [4.78, 5) is 17.6. The summed E-state index contributed by atoms with van der Waals surface area (Å²) >= 11 is 0. The number of nitrogens with one attached hydrogen (secondary N) is 1. The van der Waals surface area contributed by atoms with E-state index in [2.05, 4.69) is 15.2 Å². The third kappa shape index (κ3) is 2.57. The Labute approximate surface area is 95.0 Å². The van der Waals surface area contributed by atoms with Crippen molar-refractivity contribution in [2.75, 3.05) is 14.2 Å². The second kappa shape index (κ2) is 5.07. The summed E-state index contributed by atoms with van der Waals surface area (Å²) in [5.41, 5.74) is -0.769. The van der Waals surface area contributed by atoms with E-state index in [1.807, 2.05) is 6.92 Å². The average molecular weight is 226 g/mol. The molecule has 6 heteroatoms. The largest absolute Gasteiger partial charge is 0.369 e. The van der Waals surface area contributed by atoms with Gasteiger partial charge in [-0.3, -0.25) is 9.89 Å². The van der Waals surface area contributed by atoms with E-state index >= 15 is 0 Å². The highest BCUT2D eigenvalue weighted by Crippen LogP contribution is 2.17. The minimum Gasteiger partial charge on any atom is -0.369 e. The van der Waals surface area contributed by atoms with E-state index in [0.717, 1.165) is 0 Å². The molecule has 90 valence electrons. The van der Waals surface area contributed by atoms with Gasteiger partial charge >= 0.3 is 0 Å². The van der Waals surface area contributed by atoms with Crippen LogP contribution in [-0.4, -0.2) is 45.7 Å². The molecule has 0 aliphatic carbocycles. The summed E-state index contributed by atoms with van der Waals surface area (Å²) < 4.78 is 5.25. The first kappa shape index (κ1) is 12.6. The molecule has 0 fully saturated rings. The molecule has 16 heavy (non-hydrogen) atoms. The zero-order chi connectivity index (χ0) is 12.2. The predicted octanol–water partition coefficient (Wildman–Crippen LogP) is 0.578. The van der Waals surface area contributed by atoms with E-state index in [9.17, 15) is 4.79 Å². The number of hydrogen-bond donors (Lipinski definition) is 1. The normalized spacial score (nSPS) is 14.5. The number of H-pyrrole nitrogens is 1. The highest BCUT2D eigenvalue weighted by atomic mass is 16.5. The third-order valence-electron chi connectivity index (χ3n) is 2.78. The number of hydrogen-bond acceptors (Lipinski definition) is 4. The maximum atomic E-state index is 12.1. The lowest BCUT2D eigenvalue weighted by atomic mass is 10.0. The summed E-state index contributed by atoms with van der Waals surface area (Å²) in [7, 11) is 3.27. The van der Waals surface area contributed by atoms with E-state index in [-0.39, 0.29) is 5.91 Å². The van der Waals surface area contributed by atoms with Crippen LogP contribution in [0.25, 0.3) is 0 Å². The fraction of sp³-hybridized carbons (Fsp3) is 0.700. The topological polar surface area (TPSA) is 71.1 Å². The van der Waals surface area contributed by atoms with Gasteiger partial charge < -0.3 is 9.64 Å². The minimum atomic E-state index is -0.769. The van der Waals surface area contributed by atoms with Crippen molar-refractivity contribution in [3.05, 3.63) is 12.2 Å². The molecule has 1 unspecified atom stereocenters. The number of rotatable bonds is 5. The number of methoxy groups -OCH3 is 1.